The van der Waals surface area contributed by atoms with E-state index in [4.69, 9.17) is 5.73 Å². The minimum Gasteiger partial charge on any atom is -0.329 e. The normalized spacial score (nSPS) is 21.2. The van der Waals surface area contributed by atoms with Crippen molar-refractivity contribution in [3.05, 3.63) is 35.1 Å². The van der Waals surface area contributed by atoms with E-state index in [2.05, 4.69) is 5.32 Å². The predicted molar refractivity (Wildman–Crippen MR) is 49.9 cm³/mol. The molecule has 1 aromatic carbocycles. The molecular weight excluding hydrogens is 167 g/mol. The Hall–Kier alpha value is -0.930. The van der Waals surface area contributed by atoms with Crippen LogP contribution in [0.15, 0.2) is 18.2 Å². The molecule has 3 heteroatoms. The van der Waals surface area contributed by atoms with E-state index in [0.717, 1.165) is 24.1 Å². The molecule has 2 nitrogen and oxygen atoms in total. The molecule has 0 aromatic heterocycles. The standard InChI is InChI=1S/C10H13FN2/c11-8-1-2-9-7(5-8)3-4-13-10(9)6-12/h1-2,5,10,13H,3-4,6,12H2. The van der Waals surface area contributed by atoms with Gasteiger partial charge in [0.15, 0.2) is 0 Å². The fraction of sp³-hybridized carbons (Fsp3) is 0.400. The van der Waals surface area contributed by atoms with Crippen molar-refractivity contribution in [3.63, 3.8) is 0 Å². The second kappa shape index (κ2) is 3.44. The van der Waals surface area contributed by atoms with Crippen molar-refractivity contribution < 1.29 is 4.39 Å². The number of benzene rings is 1. The Morgan fingerprint density at radius 2 is 2.38 bits per heavy atom. The topological polar surface area (TPSA) is 38.0 Å². The molecule has 1 heterocycles. The summed E-state index contributed by atoms with van der Waals surface area (Å²) in [4.78, 5) is 0. The van der Waals surface area contributed by atoms with Crippen LogP contribution in [-0.2, 0) is 6.42 Å². The molecule has 0 fully saturated rings. The highest BCUT2D eigenvalue weighted by Gasteiger charge is 2.17. The van der Waals surface area contributed by atoms with Gasteiger partial charge in [-0.3, -0.25) is 0 Å². The molecule has 0 aliphatic carbocycles. The van der Waals surface area contributed by atoms with Gasteiger partial charge in [0.2, 0.25) is 0 Å². The van der Waals surface area contributed by atoms with Crippen molar-refractivity contribution in [1.82, 2.24) is 5.32 Å². The Bertz CT molecular complexity index is 312. The van der Waals surface area contributed by atoms with Crippen molar-refractivity contribution in [2.45, 2.75) is 12.5 Å². The van der Waals surface area contributed by atoms with Crippen LogP contribution in [0.2, 0.25) is 0 Å². The number of halogens is 1. The Balaban J connectivity index is 2.40. The molecule has 1 unspecified atom stereocenters. The van der Waals surface area contributed by atoms with E-state index in [1.807, 2.05) is 6.07 Å². The molecule has 2 rings (SSSR count). The van der Waals surface area contributed by atoms with Gasteiger partial charge in [-0.1, -0.05) is 6.07 Å². The molecule has 1 aromatic rings. The zero-order valence-corrected chi connectivity index (χ0v) is 7.39. The summed E-state index contributed by atoms with van der Waals surface area (Å²) in [5.74, 6) is -0.156. The van der Waals surface area contributed by atoms with E-state index in [1.54, 1.807) is 6.07 Å². The molecule has 0 saturated carbocycles. The van der Waals surface area contributed by atoms with Crippen LogP contribution >= 0.6 is 0 Å². The first-order valence-corrected chi connectivity index (χ1v) is 4.53. The molecule has 1 aliphatic heterocycles. The number of fused-ring (bicyclic) bond motifs is 1. The Labute approximate surface area is 76.9 Å². The maximum absolute atomic E-state index is 12.9. The molecule has 3 N–H and O–H groups in total. The third-order valence-electron chi connectivity index (χ3n) is 2.50. The first-order chi connectivity index (χ1) is 6.31. The van der Waals surface area contributed by atoms with Gasteiger partial charge in [0, 0.05) is 12.6 Å². The minimum atomic E-state index is -0.156. The minimum absolute atomic E-state index is 0.156. The Morgan fingerprint density at radius 1 is 1.54 bits per heavy atom. The van der Waals surface area contributed by atoms with Crippen molar-refractivity contribution in [2.75, 3.05) is 13.1 Å². The summed E-state index contributed by atoms with van der Waals surface area (Å²) < 4.78 is 12.9. The van der Waals surface area contributed by atoms with E-state index in [1.165, 1.54) is 6.07 Å². The summed E-state index contributed by atoms with van der Waals surface area (Å²) in [5.41, 5.74) is 7.84. The average Bonchev–Trinajstić information content (AvgIpc) is 2.16. The van der Waals surface area contributed by atoms with E-state index in [0.29, 0.717) is 6.54 Å². The average molecular weight is 180 g/mol. The van der Waals surface area contributed by atoms with Crippen molar-refractivity contribution >= 4 is 0 Å². The van der Waals surface area contributed by atoms with Crippen LogP contribution in [0.3, 0.4) is 0 Å². The molecule has 1 atom stereocenters. The van der Waals surface area contributed by atoms with Crippen molar-refractivity contribution in [2.24, 2.45) is 5.73 Å². The number of nitrogens with two attached hydrogens (primary N) is 1. The summed E-state index contributed by atoms with van der Waals surface area (Å²) >= 11 is 0. The van der Waals surface area contributed by atoms with E-state index in [9.17, 15) is 4.39 Å². The van der Waals surface area contributed by atoms with Gasteiger partial charge in [-0.05, 0) is 36.2 Å². The lowest BCUT2D eigenvalue weighted by molar-refractivity contribution is 0.509. The van der Waals surface area contributed by atoms with Gasteiger partial charge in [0.1, 0.15) is 5.82 Å². The molecule has 70 valence electrons. The van der Waals surface area contributed by atoms with E-state index in [-0.39, 0.29) is 11.9 Å². The molecule has 0 amide bonds. The fourth-order valence-electron chi connectivity index (χ4n) is 1.83. The smallest absolute Gasteiger partial charge is 0.123 e. The summed E-state index contributed by atoms with van der Waals surface area (Å²) in [6.45, 7) is 1.46. The Kier molecular flexibility index (Phi) is 2.29. The summed E-state index contributed by atoms with van der Waals surface area (Å²) in [5, 5.41) is 3.30. The summed E-state index contributed by atoms with van der Waals surface area (Å²) in [6, 6.07) is 5.13. The van der Waals surface area contributed by atoms with Crippen LogP contribution in [0, 0.1) is 5.82 Å². The highest BCUT2D eigenvalue weighted by atomic mass is 19.1. The first-order valence-electron chi connectivity index (χ1n) is 4.53. The monoisotopic (exact) mass is 180 g/mol. The number of nitrogens with one attached hydrogen (secondary N) is 1. The van der Waals surface area contributed by atoms with Gasteiger partial charge in [-0.25, -0.2) is 4.39 Å². The van der Waals surface area contributed by atoms with Gasteiger partial charge >= 0.3 is 0 Å². The maximum Gasteiger partial charge on any atom is 0.123 e. The molecule has 1 aliphatic rings. The third kappa shape index (κ3) is 1.57. The zero-order chi connectivity index (χ0) is 9.26. The lowest BCUT2D eigenvalue weighted by atomic mass is 9.94. The lowest BCUT2D eigenvalue weighted by Crippen LogP contribution is -2.34. The van der Waals surface area contributed by atoms with Crippen LogP contribution in [-0.4, -0.2) is 13.1 Å². The summed E-state index contributed by atoms with van der Waals surface area (Å²) in [7, 11) is 0. The number of hydrogen-bond donors (Lipinski definition) is 2. The molecule has 13 heavy (non-hydrogen) atoms. The number of rotatable bonds is 1. The van der Waals surface area contributed by atoms with Crippen LogP contribution in [0.25, 0.3) is 0 Å². The van der Waals surface area contributed by atoms with Crippen LogP contribution < -0.4 is 11.1 Å². The van der Waals surface area contributed by atoms with Gasteiger partial charge in [0.05, 0.1) is 0 Å². The maximum atomic E-state index is 12.9. The van der Waals surface area contributed by atoms with E-state index < -0.39 is 0 Å². The molecule has 0 spiro atoms. The highest BCUT2D eigenvalue weighted by Crippen LogP contribution is 2.22. The SMILES string of the molecule is NCC1NCCc2cc(F)ccc21. The molecular formula is C10H13FN2. The van der Waals surface area contributed by atoms with Crippen molar-refractivity contribution in [3.8, 4) is 0 Å². The molecule has 0 saturated heterocycles. The number of hydrogen-bond acceptors (Lipinski definition) is 2. The van der Waals surface area contributed by atoms with Gasteiger partial charge in [-0.2, -0.15) is 0 Å². The van der Waals surface area contributed by atoms with Crippen LogP contribution in [0.4, 0.5) is 4.39 Å². The van der Waals surface area contributed by atoms with Gasteiger partial charge < -0.3 is 11.1 Å². The quantitative estimate of drug-likeness (QED) is 0.676. The largest absolute Gasteiger partial charge is 0.329 e. The van der Waals surface area contributed by atoms with Crippen LogP contribution in [0.1, 0.15) is 17.2 Å². The zero-order valence-electron chi connectivity index (χ0n) is 7.39. The van der Waals surface area contributed by atoms with Crippen LogP contribution in [0.5, 0.6) is 0 Å². The highest BCUT2D eigenvalue weighted by molar-refractivity contribution is 5.33. The van der Waals surface area contributed by atoms with Gasteiger partial charge in [0.25, 0.3) is 0 Å². The van der Waals surface area contributed by atoms with E-state index >= 15 is 0 Å². The molecule has 0 radical (unpaired) electrons. The summed E-state index contributed by atoms with van der Waals surface area (Å²) in [6.07, 6.45) is 0.892. The second-order valence-corrected chi connectivity index (χ2v) is 3.34. The first kappa shape index (κ1) is 8.66. The third-order valence-corrected chi connectivity index (χ3v) is 2.50. The van der Waals surface area contributed by atoms with Gasteiger partial charge in [-0.15, -0.1) is 0 Å². The lowest BCUT2D eigenvalue weighted by Gasteiger charge is -2.25. The molecule has 0 bridgehead atoms. The Morgan fingerprint density at radius 3 is 3.15 bits per heavy atom. The second-order valence-electron chi connectivity index (χ2n) is 3.34. The fourth-order valence-corrected chi connectivity index (χ4v) is 1.83. The predicted octanol–water partition coefficient (Wildman–Crippen LogP) is 0.971. The van der Waals surface area contributed by atoms with Crippen molar-refractivity contribution in [1.29, 1.82) is 0 Å².